The van der Waals surface area contributed by atoms with Crippen LogP contribution in [-0.4, -0.2) is 18.3 Å². The van der Waals surface area contributed by atoms with Crippen molar-refractivity contribution in [3.63, 3.8) is 0 Å². The zero-order chi connectivity index (χ0) is 11.6. The number of nitrogens with two attached hydrogens (primary N) is 1. The van der Waals surface area contributed by atoms with E-state index in [0.29, 0.717) is 16.9 Å². The highest BCUT2D eigenvalue weighted by Gasteiger charge is 2.18. The Balaban J connectivity index is 3.22. The maximum Gasteiger partial charge on any atom is 0.127 e. The van der Waals surface area contributed by atoms with Crippen LogP contribution in [0.1, 0.15) is 24.2 Å². The normalized spacial score (nSPS) is 14.8. The molecule has 15 heavy (non-hydrogen) atoms. The minimum atomic E-state index is -0.880. The van der Waals surface area contributed by atoms with Gasteiger partial charge in [-0.1, -0.05) is 0 Å². The third-order valence-electron chi connectivity index (χ3n) is 2.40. The number of methoxy groups -OCH3 is 1. The van der Waals surface area contributed by atoms with Gasteiger partial charge in [-0.2, -0.15) is 0 Å². The highest BCUT2D eigenvalue weighted by atomic mass is 19.1. The fraction of sp³-hybridized carbons (Fsp3) is 0.455. The number of halogens is 1. The van der Waals surface area contributed by atoms with Crippen LogP contribution in [-0.2, 0) is 0 Å². The zero-order valence-corrected chi connectivity index (χ0v) is 9.12. The molecule has 84 valence electrons. The Bertz CT molecular complexity index is 353. The molecule has 3 nitrogen and oxygen atoms in total. The lowest BCUT2D eigenvalue weighted by Gasteiger charge is -2.18. The Labute approximate surface area is 88.7 Å². The average molecular weight is 213 g/mol. The molecule has 1 aromatic rings. The van der Waals surface area contributed by atoms with Crippen LogP contribution in [0.25, 0.3) is 0 Å². The molecule has 0 radical (unpaired) electrons. The Morgan fingerprint density at radius 1 is 1.47 bits per heavy atom. The lowest BCUT2D eigenvalue weighted by molar-refractivity contribution is 0.152. The molecule has 0 spiro atoms. The topological polar surface area (TPSA) is 55.5 Å². The molecule has 0 aliphatic heterocycles. The molecule has 0 saturated heterocycles. The lowest BCUT2D eigenvalue weighted by atomic mass is 9.98. The Morgan fingerprint density at radius 2 is 2.07 bits per heavy atom. The molecule has 1 aromatic carbocycles. The lowest BCUT2D eigenvalue weighted by Crippen LogP contribution is -2.25. The van der Waals surface area contributed by atoms with Crippen LogP contribution in [0, 0.1) is 12.7 Å². The van der Waals surface area contributed by atoms with Gasteiger partial charge >= 0.3 is 0 Å². The Morgan fingerprint density at radius 3 is 2.53 bits per heavy atom. The van der Waals surface area contributed by atoms with Crippen molar-refractivity contribution in [1.82, 2.24) is 0 Å². The van der Waals surface area contributed by atoms with Gasteiger partial charge in [0.1, 0.15) is 11.6 Å². The van der Waals surface area contributed by atoms with Crippen molar-refractivity contribution in [3.8, 4) is 5.75 Å². The number of rotatable bonds is 3. The summed E-state index contributed by atoms with van der Waals surface area (Å²) in [5, 5.41) is 9.78. The predicted octanol–water partition coefficient (Wildman–Crippen LogP) is 1.52. The molecule has 0 aliphatic rings. The van der Waals surface area contributed by atoms with E-state index in [0.717, 1.165) is 0 Å². The SMILES string of the molecule is COc1cc(F)cc(C(O)C(C)N)c1C. The van der Waals surface area contributed by atoms with Crippen LogP contribution < -0.4 is 10.5 Å². The quantitative estimate of drug-likeness (QED) is 0.800. The fourth-order valence-corrected chi connectivity index (χ4v) is 1.48. The summed E-state index contributed by atoms with van der Waals surface area (Å²) < 4.78 is 18.2. The first-order valence-corrected chi connectivity index (χ1v) is 4.75. The van der Waals surface area contributed by atoms with Crippen LogP contribution >= 0.6 is 0 Å². The number of ether oxygens (including phenoxy) is 1. The molecular weight excluding hydrogens is 197 g/mol. The largest absolute Gasteiger partial charge is 0.496 e. The van der Waals surface area contributed by atoms with Gasteiger partial charge < -0.3 is 15.6 Å². The van der Waals surface area contributed by atoms with Gasteiger partial charge in [-0.3, -0.25) is 0 Å². The molecule has 4 heteroatoms. The molecule has 3 N–H and O–H groups in total. The third-order valence-corrected chi connectivity index (χ3v) is 2.40. The zero-order valence-electron chi connectivity index (χ0n) is 9.12. The first-order valence-electron chi connectivity index (χ1n) is 4.75. The monoisotopic (exact) mass is 213 g/mol. The van der Waals surface area contributed by atoms with E-state index >= 15 is 0 Å². The fourth-order valence-electron chi connectivity index (χ4n) is 1.48. The van der Waals surface area contributed by atoms with Gasteiger partial charge in [-0.25, -0.2) is 4.39 Å². The van der Waals surface area contributed by atoms with Gasteiger partial charge in [0.25, 0.3) is 0 Å². The standard InChI is InChI=1S/C11H16FNO2/c1-6-9(11(14)7(2)13)4-8(12)5-10(6)15-3/h4-5,7,11,14H,13H2,1-3H3. The maximum absolute atomic E-state index is 13.2. The molecule has 0 heterocycles. The summed E-state index contributed by atoms with van der Waals surface area (Å²) in [6, 6.07) is 2.12. The van der Waals surface area contributed by atoms with Gasteiger partial charge in [-0.05, 0) is 31.0 Å². The summed E-state index contributed by atoms with van der Waals surface area (Å²) in [4.78, 5) is 0. The smallest absolute Gasteiger partial charge is 0.127 e. The first kappa shape index (κ1) is 11.9. The molecule has 0 aliphatic carbocycles. The van der Waals surface area contributed by atoms with Crippen LogP contribution in [0.4, 0.5) is 4.39 Å². The van der Waals surface area contributed by atoms with Gasteiger partial charge in [0.2, 0.25) is 0 Å². The maximum atomic E-state index is 13.2. The second kappa shape index (κ2) is 4.59. The van der Waals surface area contributed by atoms with E-state index in [9.17, 15) is 9.50 Å². The van der Waals surface area contributed by atoms with E-state index in [1.165, 1.54) is 19.2 Å². The van der Waals surface area contributed by atoms with E-state index < -0.39 is 18.0 Å². The van der Waals surface area contributed by atoms with Gasteiger partial charge in [0.15, 0.2) is 0 Å². The predicted molar refractivity (Wildman–Crippen MR) is 56.3 cm³/mol. The number of benzene rings is 1. The van der Waals surface area contributed by atoms with E-state index in [1.54, 1.807) is 13.8 Å². The molecule has 1 rings (SSSR count). The van der Waals surface area contributed by atoms with Gasteiger partial charge in [-0.15, -0.1) is 0 Å². The second-order valence-corrected chi connectivity index (χ2v) is 3.63. The van der Waals surface area contributed by atoms with Crippen molar-refractivity contribution in [1.29, 1.82) is 0 Å². The third kappa shape index (κ3) is 2.46. The van der Waals surface area contributed by atoms with Crippen molar-refractivity contribution in [3.05, 3.63) is 29.1 Å². The van der Waals surface area contributed by atoms with E-state index in [4.69, 9.17) is 10.5 Å². The van der Waals surface area contributed by atoms with Gasteiger partial charge in [0, 0.05) is 12.1 Å². The highest BCUT2D eigenvalue weighted by Crippen LogP contribution is 2.28. The van der Waals surface area contributed by atoms with Crippen molar-refractivity contribution in [2.45, 2.75) is 26.0 Å². The van der Waals surface area contributed by atoms with Crippen molar-refractivity contribution in [2.75, 3.05) is 7.11 Å². The molecule has 2 unspecified atom stereocenters. The molecule has 2 atom stereocenters. The summed E-state index contributed by atoms with van der Waals surface area (Å²) in [6.45, 7) is 3.43. The Hall–Kier alpha value is -1.13. The minimum absolute atomic E-state index is 0.421. The average Bonchev–Trinajstić information content (AvgIpc) is 2.19. The first-order chi connectivity index (χ1) is 6.97. The number of aliphatic hydroxyl groups excluding tert-OH is 1. The number of aliphatic hydroxyl groups is 1. The molecular formula is C11H16FNO2. The van der Waals surface area contributed by atoms with Crippen LogP contribution in [0.5, 0.6) is 5.75 Å². The number of hydrogen-bond donors (Lipinski definition) is 2. The minimum Gasteiger partial charge on any atom is -0.496 e. The molecule has 0 fully saturated rings. The van der Waals surface area contributed by atoms with Crippen LogP contribution in [0.2, 0.25) is 0 Å². The summed E-state index contributed by atoms with van der Waals surface area (Å²) in [5.41, 5.74) is 6.75. The van der Waals surface area contributed by atoms with E-state index in [2.05, 4.69) is 0 Å². The Kier molecular flexibility index (Phi) is 3.66. The van der Waals surface area contributed by atoms with Crippen molar-refractivity contribution in [2.24, 2.45) is 5.73 Å². The van der Waals surface area contributed by atoms with Crippen molar-refractivity contribution >= 4 is 0 Å². The molecule has 0 bridgehead atoms. The second-order valence-electron chi connectivity index (χ2n) is 3.63. The molecule has 0 aromatic heterocycles. The van der Waals surface area contributed by atoms with Crippen LogP contribution in [0.15, 0.2) is 12.1 Å². The van der Waals surface area contributed by atoms with E-state index in [-0.39, 0.29) is 0 Å². The highest BCUT2D eigenvalue weighted by molar-refractivity contribution is 5.41. The molecule has 0 amide bonds. The van der Waals surface area contributed by atoms with Crippen LogP contribution in [0.3, 0.4) is 0 Å². The van der Waals surface area contributed by atoms with Crippen molar-refractivity contribution < 1.29 is 14.2 Å². The van der Waals surface area contributed by atoms with E-state index in [1.807, 2.05) is 0 Å². The van der Waals surface area contributed by atoms with Gasteiger partial charge in [0.05, 0.1) is 13.2 Å². The summed E-state index contributed by atoms with van der Waals surface area (Å²) in [7, 11) is 1.46. The molecule has 0 saturated carbocycles. The number of hydrogen-bond acceptors (Lipinski definition) is 3. The summed E-state index contributed by atoms with van der Waals surface area (Å²) in [5.74, 6) is -0.0168. The summed E-state index contributed by atoms with van der Waals surface area (Å²) >= 11 is 0. The summed E-state index contributed by atoms with van der Waals surface area (Å²) in [6.07, 6.45) is -0.880.